The van der Waals surface area contributed by atoms with Gasteiger partial charge in [-0.3, -0.25) is 9.20 Å². The molecule has 0 saturated carbocycles. The Balaban J connectivity index is 2.07. The number of aryl methyl sites for hydroxylation is 1. The minimum Gasteiger partial charge on any atom is -0.508 e. The third-order valence-electron chi connectivity index (χ3n) is 3.53. The van der Waals surface area contributed by atoms with Crippen molar-refractivity contribution in [1.82, 2.24) is 9.38 Å². The number of phenolic OH excluding ortho intramolecular Hbond substituents is 1. The second-order valence-corrected chi connectivity index (χ2v) is 5.21. The number of phenols is 1. The average Bonchev–Trinajstić information content (AvgIpc) is 2.92. The van der Waals surface area contributed by atoms with E-state index in [1.54, 1.807) is 12.1 Å². The van der Waals surface area contributed by atoms with Gasteiger partial charge in [0.25, 0.3) is 0 Å². The summed E-state index contributed by atoms with van der Waals surface area (Å²) in [5.74, 6) is 0.254. The van der Waals surface area contributed by atoms with Gasteiger partial charge in [0, 0.05) is 5.69 Å². The highest BCUT2D eigenvalue weighted by Crippen LogP contribution is 2.26. The Kier molecular flexibility index (Phi) is 4.24. The fourth-order valence-electron chi connectivity index (χ4n) is 2.34. The van der Waals surface area contributed by atoms with Crippen molar-refractivity contribution in [3.63, 3.8) is 0 Å². The van der Waals surface area contributed by atoms with Crippen LogP contribution in [0.1, 0.15) is 11.4 Å². The van der Waals surface area contributed by atoms with E-state index in [4.69, 9.17) is 4.74 Å². The number of carbonyl (C=O) groups excluding carboxylic acids is 1. The number of methoxy groups -OCH3 is 1. The number of hydrogen-bond donors (Lipinski definition) is 1. The van der Waals surface area contributed by atoms with Crippen molar-refractivity contribution >= 4 is 23.1 Å². The third-order valence-corrected chi connectivity index (χ3v) is 3.53. The number of hydrogen-bond acceptors (Lipinski definition) is 6. The summed E-state index contributed by atoms with van der Waals surface area (Å²) >= 11 is 0. The minimum atomic E-state index is -0.392. The maximum Gasteiger partial charge on any atom is 0.311 e. The number of azo groups is 1. The Hall–Kier alpha value is -3.22. The molecule has 0 unspecified atom stereocenters. The van der Waals surface area contributed by atoms with E-state index in [1.165, 1.54) is 19.2 Å². The molecule has 0 aliphatic carbocycles. The van der Waals surface area contributed by atoms with E-state index in [2.05, 4.69) is 15.2 Å². The number of aromatic hydroxyl groups is 1. The lowest BCUT2D eigenvalue weighted by Crippen LogP contribution is -2.04. The average molecular weight is 324 g/mol. The first-order valence-corrected chi connectivity index (χ1v) is 7.33. The lowest BCUT2D eigenvalue weighted by atomic mass is 10.3. The summed E-state index contributed by atoms with van der Waals surface area (Å²) in [7, 11) is 1.33. The predicted octanol–water partition coefficient (Wildman–Crippen LogP) is 3.48. The van der Waals surface area contributed by atoms with Crippen LogP contribution in [-0.2, 0) is 16.0 Å². The molecule has 3 aromatic rings. The predicted molar refractivity (Wildman–Crippen MR) is 87.9 cm³/mol. The molecule has 0 bridgehead atoms. The first-order valence-electron chi connectivity index (χ1n) is 7.33. The van der Waals surface area contributed by atoms with E-state index in [0.29, 0.717) is 22.8 Å². The summed E-state index contributed by atoms with van der Waals surface area (Å²) in [6.45, 7) is 1.93. The van der Waals surface area contributed by atoms with E-state index in [9.17, 15) is 9.90 Å². The van der Waals surface area contributed by atoms with E-state index in [0.717, 1.165) is 5.69 Å². The number of nitrogens with zero attached hydrogens (tertiary/aromatic N) is 4. The summed E-state index contributed by atoms with van der Waals surface area (Å²) in [5, 5.41) is 17.8. The van der Waals surface area contributed by atoms with Gasteiger partial charge in [-0.1, -0.05) is 6.07 Å². The van der Waals surface area contributed by atoms with Crippen molar-refractivity contribution < 1.29 is 14.6 Å². The van der Waals surface area contributed by atoms with Crippen LogP contribution < -0.4 is 0 Å². The van der Waals surface area contributed by atoms with Gasteiger partial charge in [0.1, 0.15) is 11.4 Å². The van der Waals surface area contributed by atoms with Gasteiger partial charge in [0.15, 0.2) is 5.82 Å². The molecule has 0 saturated heterocycles. The SMILES string of the molecule is COC(=O)Cc1nc2cccc(C)n2c1N=Nc1ccc(O)cc1. The number of carbonyl (C=O) groups is 1. The first kappa shape index (κ1) is 15.7. The van der Waals surface area contributed by atoms with E-state index < -0.39 is 5.97 Å². The fourth-order valence-corrected chi connectivity index (χ4v) is 2.34. The summed E-state index contributed by atoms with van der Waals surface area (Å²) < 4.78 is 6.56. The van der Waals surface area contributed by atoms with E-state index in [1.807, 2.05) is 29.5 Å². The summed E-state index contributed by atoms with van der Waals surface area (Å²) in [4.78, 5) is 16.1. The molecule has 2 heterocycles. The lowest BCUT2D eigenvalue weighted by molar-refractivity contribution is -0.139. The summed E-state index contributed by atoms with van der Waals surface area (Å²) in [5.41, 5.74) is 2.70. The molecule has 24 heavy (non-hydrogen) atoms. The lowest BCUT2D eigenvalue weighted by Gasteiger charge is -2.02. The zero-order valence-corrected chi connectivity index (χ0v) is 13.3. The smallest absolute Gasteiger partial charge is 0.311 e. The van der Waals surface area contributed by atoms with Gasteiger partial charge in [-0.25, -0.2) is 4.98 Å². The van der Waals surface area contributed by atoms with Crippen LogP contribution >= 0.6 is 0 Å². The van der Waals surface area contributed by atoms with Gasteiger partial charge in [-0.15, -0.1) is 10.2 Å². The van der Waals surface area contributed by atoms with Crippen molar-refractivity contribution in [3.05, 3.63) is 53.9 Å². The molecule has 0 radical (unpaired) electrons. The molecule has 1 N–H and O–H groups in total. The second kappa shape index (κ2) is 6.49. The molecule has 0 atom stereocenters. The second-order valence-electron chi connectivity index (χ2n) is 5.21. The largest absolute Gasteiger partial charge is 0.508 e. The van der Waals surface area contributed by atoms with Crippen molar-refractivity contribution in [2.24, 2.45) is 10.2 Å². The fraction of sp³-hybridized carbons (Fsp3) is 0.176. The van der Waals surface area contributed by atoms with Gasteiger partial charge in [0.2, 0.25) is 0 Å². The van der Waals surface area contributed by atoms with Gasteiger partial charge in [-0.2, -0.15) is 0 Å². The molecular formula is C17H16N4O3. The molecular weight excluding hydrogens is 308 g/mol. The van der Waals surface area contributed by atoms with Crippen LogP contribution in [0.15, 0.2) is 52.7 Å². The number of benzene rings is 1. The molecule has 0 fully saturated rings. The molecule has 0 aliphatic heterocycles. The van der Waals surface area contributed by atoms with Gasteiger partial charge >= 0.3 is 5.97 Å². The summed E-state index contributed by atoms with van der Waals surface area (Å²) in [6, 6.07) is 12.0. The van der Waals surface area contributed by atoms with Gasteiger partial charge in [-0.05, 0) is 43.3 Å². The highest BCUT2D eigenvalue weighted by Gasteiger charge is 2.16. The van der Waals surface area contributed by atoms with E-state index >= 15 is 0 Å². The number of ether oxygens (including phenoxy) is 1. The molecule has 2 aromatic heterocycles. The Bertz CT molecular complexity index is 913. The first-order chi connectivity index (χ1) is 11.6. The monoisotopic (exact) mass is 324 g/mol. The normalized spacial score (nSPS) is 11.2. The quantitative estimate of drug-likeness (QED) is 0.588. The van der Waals surface area contributed by atoms with Gasteiger partial charge < -0.3 is 9.84 Å². The Morgan fingerprint density at radius 3 is 2.67 bits per heavy atom. The number of esters is 1. The topological polar surface area (TPSA) is 88.5 Å². The molecule has 7 heteroatoms. The van der Waals surface area contributed by atoms with E-state index in [-0.39, 0.29) is 12.2 Å². The number of imidazole rings is 1. The maximum absolute atomic E-state index is 11.6. The van der Waals surface area contributed by atoms with Crippen LogP contribution in [0.2, 0.25) is 0 Å². The van der Waals surface area contributed by atoms with Gasteiger partial charge in [0.05, 0.1) is 24.9 Å². The van der Waals surface area contributed by atoms with Crippen molar-refractivity contribution in [3.8, 4) is 5.75 Å². The number of fused-ring (bicyclic) bond motifs is 1. The molecule has 122 valence electrons. The molecule has 1 aromatic carbocycles. The van der Waals surface area contributed by atoms with Crippen LogP contribution in [0.5, 0.6) is 5.75 Å². The Morgan fingerprint density at radius 2 is 1.96 bits per heavy atom. The standard InChI is InChI=1S/C17H16N4O3/c1-11-4-3-5-15-18-14(10-16(23)24-2)17(21(11)15)20-19-12-6-8-13(22)9-7-12/h3-9,22H,10H2,1-2H3. The molecule has 0 amide bonds. The van der Waals surface area contributed by atoms with Crippen LogP contribution in [-0.4, -0.2) is 27.6 Å². The van der Waals surface area contributed by atoms with Crippen molar-refractivity contribution in [1.29, 1.82) is 0 Å². The summed E-state index contributed by atoms with van der Waals surface area (Å²) in [6.07, 6.45) is 0.0154. The van der Waals surface area contributed by atoms with Crippen LogP contribution in [0, 0.1) is 6.92 Å². The number of aromatic nitrogens is 2. The van der Waals surface area contributed by atoms with Crippen molar-refractivity contribution in [2.45, 2.75) is 13.3 Å². The molecule has 3 rings (SSSR count). The molecule has 7 nitrogen and oxygen atoms in total. The van der Waals surface area contributed by atoms with Crippen molar-refractivity contribution in [2.75, 3.05) is 7.11 Å². The van der Waals surface area contributed by atoms with Crippen LogP contribution in [0.4, 0.5) is 11.5 Å². The zero-order chi connectivity index (χ0) is 17.1. The van der Waals surface area contributed by atoms with Crippen LogP contribution in [0.25, 0.3) is 5.65 Å². The highest BCUT2D eigenvalue weighted by molar-refractivity contribution is 5.74. The third kappa shape index (κ3) is 3.10. The minimum absolute atomic E-state index is 0.0154. The Morgan fingerprint density at radius 1 is 1.21 bits per heavy atom. The molecule has 0 spiro atoms. The number of pyridine rings is 1. The molecule has 0 aliphatic rings. The highest BCUT2D eigenvalue weighted by atomic mass is 16.5. The number of rotatable bonds is 4. The van der Waals surface area contributed by atoms with Crippen LogP contribution in [0.3, 0.4) is 0 Å². The zero-order valence-electron chi connectivity index (χ0n) is 13.3. The Labute approximate surface area is 138 Å². The maximum atomic E-state index is 11.6.